The molecule has 1 aromatic carbocycles. The number of nitrogens with zero attached hydrogens (tertiary/aromatic N) is 1. The zero-order chi connectivity index (χ0) is 8.67. The monoisotopic (exact) mass is 170 g/mol. The highest BCUT2D eigenvalue weighted by molar-refractivity contribution is 5.79. The maximum absolute atomic E-state index is 4.54. The number of benzene rings is 1. The number of hydrogen-bond acceptors (Lipinski definition) is 1. The molecular weight excluding hydrogens is 160 g/mol. The molecule has 1 N–H and O–H groups in total. The maximum Gasteiger partial charge on any atom is 0.0737 e. The van der Waals surface area contributed by atoms with E-state index in [9.17, 15) is 0 Å². The van der Waals surface area contributed by atoms with Crippen LogP contribution in [0.3, 0.4) is 0 Å². The van der Waals surface area contributed by atoms with Crippen LogP contribution in [-0.2, 0) is 0 Å². The fraction of sp³-hybridized carbons (Fsp3) is 0.182. The van der Waals surface area contributed by atoms with Crippen LogP contribution in [0.1, 0.15) is 6.42 Å². The van der Waals surface area contributed by atoms with Crippen molar-refractivity contribution in [1.29, 1.82) is 0 Å². The van der Waals surface area contributed by atoms with E-state index in [1.165, 1.54) is 16.1 Å². The Labute approximate surface area is 75.6 Å². The zero-order valence-electron chi connectivity index (χ0n) is 7.25. The van der Waals surface area contributed by atoms with Crippen molar-refractivity contribution in [2.24, 2.45) is 4.99 Å². The van der Waals surface area contributed by atoms with Gasteiger partial charge in [-0.2, -0.15) is 0 Å². The SMILES string of the molecule is C1=c2ccc3[nH]ccc3c2=NCC1. The van der Waals surface area contributed by atoms with Gasteiger partial charge in [-0.3, -0.25) is 4.99 Å². The van der Waals surface area contributed by atoms with Gasteiger partial charge < -0.3 is 4.98 Å². The zero-order valence-corrected chi connectivity index (χ0v) is 7.25. The van der Waals surface area contributed by atoms with Crippen LogP contribution < -0.4 is 10.6 Å². The molecule has 2 heterocycles. The molecule has 2 aromatic rings. The van der Waals surface area contributed by atoms with Crippen molar-refractivity contribution < 1.29 is 0 Å². The average molecular weight is 170 g/mol. The largest absolute Gasteiger partial charge is 0.361 e. The number of fused-ring (bicyclic) bond motifs is 3. The van der Waals surface area contributed by atoms with Gasteiger partial charge in [-0.05, 0) is 23.8 Å². The maximum atomic E-state index is 4.54. The summed E-state index contributed by atoms with van der Waals surface area (Å²) in [6.07, 6.45) is 5.30. The Balaban J connectivity index is 2.64. The van der Waals surface area contributed by atoms with Gasteiger partial charge in [-0.1, -0.05) is 12.1 Å². The Bertz CT molecular complexity index is 563. The molecule has 0 aliphatic carbocycles. The molecule has 0 saturated heterocycles. The number of aromatic amines is 1. The van der Waals surface area contributed by atoms with Crippen molar-refractivity contribution >= 4 is 17.0 Å². The van der Waals surface area contributed by atoms with E-state index >= 15 is 0 Å². The topological polar surface area (TPSA) is 28.1 Å². The number of nitrogens with one attached hydrogen (secondary N) is 1. The number of rotatable bonds is 0. The molecule has 0 saturated carbocycles. The van der Waals surface area contributed by atoms with E-state index in [2.05, 4.69) is 34.3 Å². The predicted octanol–water partition coefficient (Wildman–Crippen LogP) is 0.972. The van der Waals surface area contributed by atoms with Crippen molar-refractivity contribution in [1.82, 2.24) is 4.98 Å². The number of aromatic nitrogens is 1. The molecule has 1 aromatic heterocycles. The summed E-state index contributed by atoms with van der Waals surface area (Å²) in [6, 6.07) is 6.35. The van der Waals surface area contributed by atoms with Crippen molar-refractivity contribution in [3.05, 3.63) is 35.0 Å². The summed E-state index contributed by atoms with van der Waals surface area (Å²) in [5, 5.41) is 3.68. The third kappa shape index (κ3) is 0.917. The molecule has 13 heavy (non-hydrogen) atoms. The first-order chi connectivity index (χ1) is 6.45. The third-order valence-electron chi connectivity index (χ3n) is 2.50. The second-order valence-electron chi connectivity index (χ2n) is 3.32. The van der Waals surface area contributed by atoms with Gasteiger partial charge in [-0.25, -0.2) is 0 Å². The highest BCUT2D eigenvalue weighted by atomic mass is 14.7. The molecule has 0 atom stereocenters. The van der Waals surface area contributed by atoms with E-state index in [4.69, 9.17) is 0 Å². The van der Waals surface area contributed by atoms with E-state index in [-0.39, 0.29) is 0 Å². The van der Waals surface area contributed by atoms with Gasteiger partial charge in [0, 0.05) is 23.6 Å². The Morgan fingerprint density at radius 1 is 1.23 bits per heavy atom. The molecule has 0 spiro atoms. The molecule has 3 rings (SSSR count). The molecule has 2 nitrogen and oxygen atoms in total. The first-order valence-corrected chi connectivity index (χ1v) is 4.56. The van der Waals surface area contributed by atoms with E-state index in [0.29, 0.717) is 0 Å². The van der Waals surface area contributed by atoms with E-state index in [0.717, 1.165) is 18.3 Å². The fourth-order valence-electron chi connectivity index (χ4n) is 1.87. The smallest absolute Gasteiger partial charge is 0.0737 e. The normalized spacial score (nSPS) is 14.8. The lowest BCUT2D eigenvalue weighted by atomic mass is 10.1. The lowest BCUT2D eigenvalue weighted by Gasteiger charge is -1.99. The van der Waals surface area contributed by atoms with E-state index < -0.39 is 0 Å². The Kier molecular flexibility index (Phi) is 1.30. The van der Waals surface area contributed by atoms with Crippen LogP contribution >= 0.6 is 0 Å². The highest BCUT2D eigenvalue weighted by Gasteiger charge is 2.00. The highest BCUT2D eigenvalue weighted by Crippen LogP contribution is 2.04. The number of H-pyrrole nitrogens is 1. The minimum absolute atomic E-state index is 0.928. The minimum atomic E-state index is 0.928. The third-order valence-corrected chi connectivity index (χ3v) is 2.50. The van der Waals surface area contributed by atoms with Gasteiger partial charge in [0.1, 0.15) is 0 Å². The molecule has 0 amide bonds. The second-order valence-corrected chi connectivity index (χ2v) is 3.32. The average Bonchev–Trinajstić information content (AvgIpc) is 2.65. The molecule has 1 aliphatic heterocycles. The molecule has 0 unspecified atom stereocenters. The standard InChI is InChI=1S/C11H10N2/c1-2-8-3-4-10-9(5-7-12-10)11(8)13-6-1/h2-5,7,12H,1,6H2. The van der Waals surface area contributed by atoms with Gasteiger partial charge in [0.15, 0.2) is 0 Å². The molecule has 1 aliphatic rings. The summed E-state index contributed by atoms with van der Waals surface area (Å²) in [7, 11) is 0. The molecule has 2 heteroatoms. The van der Waals surface area contributed by atoms with E-state index in [1.807, 2.05) is 6.20 Å². The van der Waals surface area contributed by atoms with Gasteiger partial charge in [0.2, 0.25) is 0 Å². The molecule has 0 fully saturated rings. The van der Waals surface area contributed by atoms with Crippen LogP contribution in [-0.4, -0.2) is 11.5 Å². The van der Waals surface area contributed by atoms with Gasteiger partial charge in [-0.15, -0.1) is 0 Å². The minimum Gasteiger partial charge on any atom is -0.361 e. The van der Waals surface area contributed by atoms with Crippen molar-refractivity contribution in [2.45, 2.75) is 6.42 Å². The van der Waals surface area contributed by atoms with Crippen LogP contribution in [0, 0.1) is 0 Å². The van der Waals surface area contributed by atoms with Crippen LogP contribution in [0.4, 0.5) is 0 Å². The number of hydrogen-bond donors (Lipinski definition) is 1. The van der Waals surface area contributed by atoms with Gasteiger partial charge in [0.05, 0.1) is 5.36 Å². The Morgan fingerprint density at radius 3 is 3.23 bits per heavy atom. The fourth-order valence-corrected chi connectivity index (χ4v) is 1.87. The Hall–Kier alpha value is -1.57. The Morgan fingerprint density at radius 2 is 2.23 bits per heavy atom. The lowest BCUT2D eigenvalue weighted by Crippen LogP contribution is -2.28. The van der Waals surface area contributed by atoms with Crippen LogP contribution in [0.2, 0.25) is 0 Å². The molecule has 64 valence electrons. The summed E-state index contributed by atoms with van der Waals surface area (Å²) >= 11 is 0. The van der Waals surface area contributed by atoms with Crippen molar-refractivity contribution in [3.8, 4) is 0 Å². The lowest BCUT2D eigenvalue weighted by molar-refractivity contribution is 0.968. The van der Waals surface area contributed by atoms with Gasteiger partial charge >= 0.3 is 0 Å². The van der Waals surface area contributed by atoms with Crippen LogP contribution in [0.25, 0.3) is 17.0 Å². The molecular formula is C11H10N2. The van der Waals surface area contributed by atoms with Crippen molar-refractivity contribution in [3.63, 3.8) is 0 Å². The summed E-state index contributed by atoms with van der Waals surface area (Å²) in [6.45, 7) is 0.928. The van der Waals surface area contributed by atoms with Gasteiger partial charge in [0.25, 0.3) is 0 Å². The van der Waals surface area contributed by atoms with Crippen LogP contribution in [0.15, 0.2) is 29.4 Å². The summed E-state index contributed by atoms with van der Waals surface area (Å²) in [4.78, 5) is 7.74. The summed E-state index contributed by atoms with van der Waals surface area (Å²) in [5.74, 6) is 0. The van der Waals surface area contributed by atoms with Crippen molar-refractivity contribution in [2.75, 3.05) is 6.54 Å². The molecule has 0 bridgehead atoms. The van der Waals surface area contributed by atoms with Crippen LogP contribution in [0.5, 0.6) is 0 Å². The predicted molar refractivity (Wildman–Crippen MR) is 53.0 cm³/mol. The summed E-state index contributed by atoms with van der Waals surface area (Å²) < 4.78 is 0. The summed E-state index contributed by atoms with van der Waals surface area (Å²) in [5.41, 5.74) is 1.18. The first kappa shape index (κ1) is 6.89. The quantitative estimate of drug-likeness (QED) is 0.610. The molecule has 0 radical (unpaired) electrons. The first-order valence-electron chi connectivity index (χ1n) is 4.56. The second kappa shape index (κ2) is 2.46. The van der Waals surface area contributed by atoms with E-state index in [1.54, 1.807) is 0 Å².